The molecule has 0 unspecified atom stereocenters. The molecular formula is C26H36N4O3. The Morgan fingerprint density at radius 2 is 1.88 bits per heavy atom. The van der Waals surface area contributed by atoms with E-state index >= 15 is 0 Å². The van der Waals surface area contributed by atoms with Crippen LogP contribution in [0.3, 0.4) is 0 Å². The van der Waals surface area contributed by atoms with Gasteiger partial charge >= 0.3 is 0 Å². The second-order valence-electron chi connectivity index (χ2n) is 9.74. The van der Waals surface area contributed by atoms with Crippen molar-refractivity contribution in [1.82, 2.24) is 19.8 Å². The summed E-state index contributed by atoms with van der Waals surface area (Å²) in [6.07, 6.45) is 10.2. The highest BCUT2D eigenvalue weighted by atomic mass is 16.2. The molecule has 0 bridgehead atoms. The van der Waals surface area contributed by atoms with E-state index in [4.69, 9.17) is 0 Å². The van der Waals surface area contributed by atoms with E-state index < -0.39 is 11.3 Å². The van der Waals surface area contributed by atoms with Crippen LogP contribution in [-0.2, 0) is 6.54 Å². The van der Waals surface area contributed by atoms with Crippen LogP contribution in [0.2, 0.25) is 0 Å². The van der Waals surface area contributed by atoms with Gasteiger partial charge < -0.3 is 14.8 Å². The maximum Gasteiger partial charge on any atom is 0.259 e. The van der Waals surface area contributed by atoms with Gasteiger partial charge in [0.15, 0.2) is 0 Å². The summed E-state index contributed by atoms with van der Waals surface area (Å²) >= 11 is 0. The molecule has 0 aliphatic carbocycles. The van der Waals surface area contributed by atoms with Crippen molar-refractivity contribution in [2.45, 2.75) is 66.0 Å². The number of carbonyl (C=O) groups is 2. The first kappa shape index (κ1) is 24.7. The molecule has 7 heteroatoms. The monoisotopic (exact) mass is 452 g/mol. The van der Waals surface area contributed by atoms with Gasteiger partial charge in [-0.15, -0.1) is 0 Å². The highest BCUT2D eigenvalue weighted by molar-refractivity contribution is 5.99. The summed E-state index contributed by atoms with van der Waals surface area (Å²) in [6.45, 7) is 9.96. The fraction of sp³-hybridized carbons (Fsp3) is 0.538. The fourth-order valence-corrected chi connectivity index (χ4v) is 4.29. The number of carbonyl (C=O) groups excluding carboxylic acids is 2. The molecule has 1 aliphatic heterocycles. The molecule has 1 atom stereocenters. The zero-order valence-electron chi connectivity index (χ0n) is 20.2. The number of pyridine rings is 2. The predicted octanol–water partition coefficient (Wildman–Crippen LogP) is 4.04. The largest absolute Gasteiger partial charge is 0.352 e. The van der Waals surface area contributed by atoms with Gasteiger partial charge in [-0.3, -0.25) is 19.4 Å². The molecule has 0 spiro atoms. The number of rotatable bonds is 8. The number of hydrogen-bond donors (Lipinski definition) is 1. The van der Waals surface area contributed by atoms with Crippen LogP contribution in [0.4, 0.5) is 0 Å². The van der Waals surface area contributed by atoms with E-state index in [0.29, 0.717) is 31.5 Å². The smallest absolute Gasteiger partial charge is 0.259 e. The lowest BCUT2D eigenvalue weighted by Crippen LogP contribution is -2.42. The minimum absolute atomic E-state index is 0.0280. The Balaban J connectivity index is 1.96. The highest BCUT2D eigenvalue weighted by Crippen LogP contribution is 2.31. The van der Waals surface area contributed by atoms with Crippen LogP contribution >= 0.6 is 0 Å². The van der Waals surface area contributed by atoms with Crippen molar-refractivity contribution in [1.29, 1.82) is 0 Å². The van der Waals surface area contributed by atoms with Crippen molar-refractivity contribution >= 4 is 11.8 Å². The van der Waals surface area contributed by atoms with Crippen LogP contribution < -0.4 is 10.7 Å². The number of nitrogens with one attached hydrogen (secondary N) is 1. The van der Waals surface area contributed by atoms with Gasteiger partial charge in [-0.2, -0.15) is 0 Å². The molecular weight excluding hydrogens is 416 g/mol. The van der Waals surface area contributed by atoms with Gasteiger partial charge in [-0.25, -0.2) is 0 Å². The second-order valence-corrected chi connectivity index (χ2v) is 9.74. The van der Waals surface area contributed by atoms with Gasteiger partial charge in [0.2, 0.25) is 5.43 Å². The average Bonchev–Trinajstić information content (AvgIpc) is 2.79. The van der Waals surface area contributed by atoms with Crippen LogP contribution in [0, 0.1) is 11.8 Å². The lowest BCUT2D eigenvalue weighted by atomic mass is 9.95. The molecule has 3 rings (SSSR count). The Bertz CT molecular complexity index is 1010. The zero-order valence-corrected chi connectivity index (χ0v) is 20.2. The molecule has 0 aromatic carbocycles. The number of aromatic nitrogens is 2. The van der Waals surface area contributed by atoms with Crippen molar-refractivity contribution < 1.29 is 9.59 Å². The highest BCUT2D eigenvalue weighted by Gasteiger charge is 2.31. The molecule has 33 heavy (non-hydrogen) atoms. The minimum Gasteiger partial charge on any atom is -0.352 e. The molecule has 0 saturated carbocycles. The molecule has 1 N–H and O–H groups in total. The number of amides is 2. The molecule has 2 amide bonds. The van der Waals surface area contributed by atoms with Gasteiger partial charge in [0.25, 0.3) is 11.8 Å². The second kappa shape index (κ2) is 11.3. The van der Waals surface area contributed by atoms with Crippen LogP contribution in [0.15, 0.2) is 41.7 Å². The number of nitrogens with zero attached hydrogens (tertiary/aromatic N) is 3. The summed E-state index contributed by atoms with van der Waals surface area (Å²) in [7, 11) is 0. The van der Waals surface area contributed by atoms with Crippen molar-refractivity contribution in [3.8, 4) is 0 Å². The Morgan fingerprint density at radius 3 is 2.55 bits per heavy atom. The normalized spacial score (nSPS) is 16.3. The third-order valence-electron chi connectivity index (χ3n) is 5.97. The summed E-state index contributed by atoms with van der Waals surface area (Å²) in [6, 6.07) is 3.71. The van der Waals surface area contributed by atoms with Gasteiger partial charge in [0.05, 0.1) is 6.04 Å². The molecule has 3 heterocycles. The molecule has 2 aromatic heterocycles. The Labute approximate surface area is 196 Å². The van der Waals surface area contributed by atoms with E-state index in [-0.39, 0.29) is 23.1 Å². The van der Waals surface area contributed by atoms with E-state index in [0.717, 1.165) is 31.2 Å². The summed E-state index contributed by atoms with van der Waals surface area (Å²) in [5.41, 5.74) is 0.552. The topological polar surface area (TPSA) is 84.3 Å². The third-order valence-corrected chi connectivity index (χ3v) is 5.97. The van der Waals surface area contributed by atoms with Gasteiger partial charge in [0.1, 0.15) is 11.1 Å². The fourth-order valence-electron chi connectivity index (χ4n) is 4.29. The van der Waals surface area contributed by atoms with Gasteiger partial charge in [-0.05, 0) is 49.1 Å². The lowest BCUT2D eigenvalue weighted by Gasteiger charge is -2.36. The molecule has 7 nitrogen and oxygen atoms in total. The quantitative estimate of drug-likeness (QED) is 0.655. The Morgan fingerprint density at radius 1 is 1.12 bits per heavy atom. The summed E-state index contributed by atoms with van der Waals surface area (Å²) in [5.74, 6) is 0.00269. The molecule has 1 saturated heterocycles. The van der Waals surface area contributed by atoms with E-state index in [1.54, 1.807) is 34.3 Å². The van der Waals surface area contributed by atoms with Crippen LogP contribution in [-0.4, -0.2) is 39.4 Å². The maximum absolute atomic E-state index is 13.7. The SMILES string of the molecule is CC(C)CCNC(=O)c1cn(CC(C)C)cc(C(=O)N2CCCC[C@H]2c2cccnc2)c1=O. The van der Waals surface area contributed by atoms with E-state index in [9.17, 15) is 14.4 Å². The van der Waals surface area contributed by atoms with E-state index in [1.807, 2.05) is 12.1 Å². The van der Waals surface area contributed by atoms with Crippen molar-refractivity contribution in [3.63, 3.8) is 0 Å². The van der Waals surface area contributed by atoms with Crippen molar-refractivity contribution in [2.75, 3.05) is 13.1 Å². The summed E-state index contributed by atoms with van der Waals surface area (Å²) < 4.78 is 1.81. The van der Waals surface area contributed by atoms with E-state index in [2.05, 4.69) is 38.0 Å². The van der Waals surface area contributed by atoms with Crippen molar-refractivity contribution in [3.05, 3.63) is 63.8 Å². The first-order valence-electron chi connectivity index (χ1n) is 12.0. The first-order chi connectivity index (χ1) is 15.8. The summed E-state index contributed by atoms with van der Waals surface area (Å²) in [4.78, 5) is 45.9. The van der Waals surface area contributed by atoms with Crippen LogP contribution in [0.5, 0.6) is 0 Å². The number of likely N-dealkylation sites (tertiary alicyclic amines) is 1. The van der Waals surface area contributed by atoms with Gasteiger partial charge in [0, 0.05) is 44.4 Å². The molecule has 178 valence electrons. The Hall–Kier alpha value is -2.96. The number of hydrogen-bond acceptors (Lipinski definition) is 4. The van der Waals surface area contributed by atoms with Gasteiger partial charge in [-0.1, -0.05) is 33.8 Å². The maximum atomic E-state index is 13.7. The molecule has 0 radical (unpaired) electrons. The number of piperidine rings is 1. The zero-order chi connectivity index (χ0) is 24.0. The molecule has 1 aliphatic rings. The molecule has 1 fully saturated rings. The van der Waals surface area contributed by atoms with E-state index in [1.165, 1.54) is 0 Å². The van der Waals surface area contributed by atoms with Crippen LogP contribution in [0.1, 0.15) is 85.7 Å². The average molecular weight is 453 g/mol. The Kier molecular flexibility index (Phi) is 8.42. The molecule has 2 aromatic rings. The van der Waals surface area contributed by atoms with Crippen molar-refractivity contribution in [2.24, 2.45) is 11.8 Å². The first-order valence-corrected chi connectivity index (χ1v) is 12.0. The van der Waals surface area contributed by atoms with Crippen LogP contribution in [0.25, 0.3) is 0 Å². The lowest BCUT2D eigenvalue weighted by molar-refractivity contribution is 0.0608. The third kappa shape index (κ3) is 6.30. The minimum atomic E-state index is -0.502. The summed E-state index contributed by atoms with van der Waals surface area (Å²) in [5, 5.41) is 2.85. The standard InChI is InChI=1S/C26H36N4O3/c1-18(2)10-12-28-25(32)21-16-29(15-19(3)4)17-22(24(21)31)26(33)30-13-6-5-9-23(30)20-8-7-11-27-14-20/h7-8,11,14,16-19,23H,5-6,9-10,12-13,15H2,1-4H3,(H,28,32)/t23-/m0/s1. The predicted molar refractivity (Wildman–Crippen MR) is 129 cm³/mol.